The lowest BCUT2D eigenvalue weighted by molar-refractivity contribution is -0.141. The average Bonchev–Trinajstić information content (AvgIpc) is 3.20. The molecule has 6 nitrogen and oxygen atoms in total. The summed E-state index contributed by atoms with van der Waals surface area (Å²) in [5.74, 6) is -1.41. The summed E-state index contributed by atoms with van der Waals surface area (Å²) in [6.07, 6.45) is 0.0108. The van der Waals surface area contributed by atoms with E-state index in [-0.39, 0.29) is 18.9 Å². The molecule has 1 aliphatic heterocycles. The molecule has 132 valence electrons. The number of amides is 1. The lowest BCUT2D eigenvalue weighted by Gasteiger charge is -2.15. The molecule has 1 aromatic heterocycles. The van der Waals surface area contributed by atoms with Gasteiger partial charge in [-0.05, 0) is 36.8 Å². The summed E-state index contributed by atoms with van der Waals surface area (Å²) >= 11 is 6.17. The number of hydrogen-bond acceptors (Lipinski definition) is 4. The Bertz CT molecular complexity index is 1040. The number of rotatable bonds is 3. The quantitative estimate of drug-likeness (QED) is 0.756. The highest BCUT2D eigenvalue weighted by atomic mass is 35.5. The number of oxazole rings is 1. The standard InChI is InChI=1S/C19H15ClN2O4/c1-10-2-3-11(6-14(10)20)18-21-15-5-4-13(8-16(15)26-18)22-9-12(19(24)25)7-17(22)23/h2-6,8,12H,7,9H2,1H3,(H,24,25)/t12-/m1/s1. The van der Waals surface area contributed by atoms with Crippen LogP contribution in [0.1, 0.15) is 12.0 Å². The molecule has 0 radical (unpaired) electrons. The number of halogens is 1. The van der Waals surface area contributed by atoms with Crippen LogP contribution in [0.2, 0.25) is 5.02 Å². The van der Waals surface area contributed by atoms with Gasteiger partial charge in [-0.2, -0.15) is 0 Å². The summed E-state index contributed by atoms with van der Waals surface area (Å²) in [5, 5.41) is 9.75. The van der Waals surface area contributed by atoms with Crippen molar-refractivity contribution in [2.45, 2.75) is 13.3 Å². The molecule has 7 heteroatoms. The van der Waals surface area contributed by atoms with Crippen LogP contribution in [0.4, 0.5) is 5.69 Å². The van der Waals surface area contributed by atoms with Gasteiger partial charge in [-0.25, -0.2) is 4.98 Å². The molecule has 0 saturated carbocycles. The van der Waals surface area contributed by atoms with Gasteiger partial charge in [-0.3, -0.25) is 9.59 Å². The average molecular weight is 371 g/mol. The van der Waals surface area contributed by atoms with E-state index in [0.29, 0.717) is 27.7 Å². The molecule has 4 rings (SSSR count). The monoisotopic (exact) mass is 370 g/mol. The molecule has 1 aliphatic rings. The van der Waals surface area contributed by atoms with Crippen molar-refractivity contribution in [2.75, 3.05) is 11.4 Å². The number of hydrogen-bond donors (Lipinski definition) is 1. The van der Waals surface area contributed by atoms with Gasteiger partial charge >= 0.3 is 5.97 Å². The second-order valence-electron chi connectivity index (χ2n) is 6.38. The van der Waals surface area contributed by atoms with Crippen molar-refractivity contribution in [1.29, 1.82) is 0 Å². The molecule has 3 aromatic rings. The molecule has 1 N–H and O–H groups in total. The topological polar surface area (TPSA) is 83.6 Å². The number of aliphatic carboxylic acids is 1. The largest absolute Gasteiger partial charge is 0.481 e. The fraction of sp³-hybridized carbons (Fsp3) is 0.211. The van der Waals surface area contributed by atoms with Gasteiger partial charge in [0, 0.05) is 35.3 Å². The van der Waals surface area contributed by atoms with Crippen LogP contribution in [0.25, 0.3) is 22.6 Å². The third-order valence-electron chi connectivity index (χ3n) is 4.58. The van der Waals surface area contributed by atoms with E-state index in [4.69, 9.17) is 21.1 Å². The van der Waals surface area contributed by atoms with Gasteiger partial charge in [0.25, 0.3) is 0 Å². The Morgan fingerprint density at radius 3 is 2.81 bits per heavy atom. The van der Waals surface area contributed by atoms with E-state index in [1.165, 1.54) is 4.90 Å². The summed E-state index contributed by atoms with van der Waals surface area (Å²) in [7, 11) is 0. The third kappa shape index (κ3) is 2.82. The number of aryl methyl sites for hydroxylation is 1. The lowest BCUT2D eigenvalue weighted by atomic mass is 10.1. The summed E-state index contributed by atoms with van der Waals surface area (Å²) < 4.78 is 5.83. The van der Waals surface area contributed by atoms with Gasteiger partial charge in [0.15, 0.2) is 5.58 Å². The van der Waals surface area contributed by atoms with Crippen LogP contribution in [0.3, 0.4) is 0 Å². The van der Waals surface area contributed by atoms with Gasteiger partial charge < -0.3 is 14.4 Å². The normalized spacial score (nSPS) is 17.2. The smallest absolute Gasteiger partial charge is 0.308 e. The molecule has 0 spiro atoms. The minimum atomic E-state index is -0.958. The molecule has 0 aliphatic carbocycles. The van der Waals surface area contributed by atoms with E-state index >= 15 is 0 Å². The van der Waals surface area contributed by atoms with Crippen molar-refractivity contribution in [2.24, 2.45) is 5.92 Å². The second kappa shape index (κ2) is 6.14. The summed E-state index contributed by atoms with van der Waals surface area (Å²) in [5.41, 5.74) is 3.52. The van der Waals surface area contributed by atoms with Crippen LogP contribution in [0, 0.1) is 12.8 Å². The molecule has 2 aromatic carbocycles. The van der Waals surface area contributed by atoms with Crippen molar-refractivity contribution in [3.8, 4) is 11.5 Å². The van der Waals surface area contributed by atoms with Crippen molar-refractivity contribution >= 4 is 40.3 Å². The maximum absolute atomic E-state index is 12.1. The van der Waals surface area contributed by atoms with Crippen molar-refractivity contribution in [3.05, 3.63) is 47.0 Å². The second-order valence-corrected chi connectivity index (χ2v) is 6.79. The lowest BCUT2D eigenvalue weighted by Crippen LogP contribution is -2.25. The van der Waals surface area contributed by atoms with Gasteiger partial charge in [0.05, 0.1) is 5.92 Å². The molecule has 1 atom stereocenters. The first-order valence-electron chi connectivity index (χ1n) is 8.12. The van der Waals surface area contributed by atoms with Crippen molar-refractivity contribution < 1.29 is 19.1 Å². The molecule has 1 amide bonds. The number of aromatic nitrogens is 1. The Labute approximate surface area is 154 Å². The van der Waals surface area contributed by atoms with Crippen LogP contribution < -0.4 is 4.90 Å². The Balaban J connectivity index is 1.69. The van der Waals surface area contributed by atoms with Gasteiger partial charge in [0.2, 0.25) is 11.8 Å². The van der Waals surface area contributed by atoms with Gasteiger partial charge in [0.1, 0.15) is 5.52 Å². The number of carboxylic acids is 1. The first kappa shape index (κ1) is 16.6. The van der Waals surface area contributed by atoms with E-state index in [0.717, 1.165) is 11.1 Å². The van der Waals surface area contributed by atoms with E-state index < -0.39 is 11.9 Å². The number of carboxylic acid groups (broad SMARTS) is 1. The highest BCUT2D eigenvalue weighted by Gasteiger charge is 2.35. The Morgan fingerprint density at radius 1 is 1.31 bits per heavy atom. The molecule has 0 bridgehead atoms. The number of benzene rings is 2. The summed E-state index contributed by atoms with van der Waals surface area (Å²) in [6, 6.07) is 10.8. The van der Waals surface area contributed by atoms with E-state index in [1.807, 2.05) is 19.1 Å². The molecular weight excluding hydrogens is 356 g/mol. The SMILES string of the molecule is Cc1ccc(-c2nc3ccc(N4C[C@H](C(=O)O)CC4=O)cc3o2)cc1Cl. The number of carbonyl (C=O) groups excluding carboxylic acids is 1. The minimum Gasteiger partial charge on any atom is -0.481 e. The number of nitrogens with zero attached hydrogens (tertiary/aromatic N) is 2. The van der Waals surface area contributed by atoms with E-state index in [1.54, 1.807) is 24.3 Å². The van der Waals surface area contributed by atoms with Crippen LogP contribution in [0.5, 0.6) is 0 Å². The van der Waals surface area contributed by atoms with E-state index in [9.17, 15) is 9.59 Å². The van der Waals surface area contributed by atoms with Crippen LogP contribution in [0.15, 0.2) is 40.8 Å². The zero-order valence-corrected chi connectivity index (χ0v) is 14.7. The zero-order chi connectivity index (χ0) is 18.4. The van der Waals surface area contributed by atoms with Crippen LogP contribution in [-0.4, -0.2) is 28.5 Å². The number of anilines is 1. The predicted molar refractivity (Wildman–Crippen MR) is 97.3 cm³/mol. The van der Waals surface area contributed by atoms with Crippen LogP contribution in [-0.2, 0) is 9.59 Å². The predicted octanol–water partition coefficient (Wildman–Crippen LogP) is 3.89. The molecule has 0 unspecified atom stereocenters. The Morgan fingerprint density at radius 2 is 2.12 bits per heavy atom. The van der Waals surface area contributed by atoms with E-state index in [2.05, 4.69) is 4.98 Å². The maximum atomic E-state index is 12.1. The molecule has 1 fully saturated rings. The van der Waals surface area contributed by atoms with Crippen molar-refractivity contribution in [1.82, 2.24) is 4.98 Å². The molecule has 1 saturated heterocycles. The zero-order valence-electron chi connectivity index (χ0n) is 13.9. The van der Waals surface area contributed by atoms with Crippen LogP contribution >= 0.6 is 11.6 Å². The third-order valence-corrected chi connectivity index (χ3v) is 4.98. The maximum Gasteiger partial charge on any atom is 0.308 e. The van der Waals surface area contributed by atoms with Crippen molar-refractivity contribution in [3.63, 3.8) is 0 Å². The number of fused-ring (bicyclic) bond motifs is 1. The first-order valence-corrected chi connectivity index (χ1v) is 8.50. The fourth-order valence-electron chi connectivity index (χ4n) is 3.05. The molecule has 2 heterocycles. The summed E-state index contributed by atoms with van der Waals surface area (Å²) in [6.45, 7) is 2.08. The molecular formula is C19H15ClN2O4. The number of carbonyl (C=O) groups is 2. The first-order chi connectivity index (χ1) is 12.4. The highest BCUT2D eigenvalue weighted by molar-refractivity contribution is 6.31. The Hall–Kier alpha value is -2.86. The highest BCUT2D eigenvalue weighted by Crippen LogP contribution is 2.32. The Kier molecular flexibility index (Phi) is 3.92. The summed E-state index contributed by atoms with van der Waals surface area (Å²) in [4.78, 5) is 29.2. The fourth-order valence-corrected chi connectivity index (χ4v) is 3.23. The molecule has 26 heavy (non-hydrogen) atoms. The minimum absolute atomic E-state index is 0.0108. The van der Waals surface area contributed by atoms with Gasteiger partial charge in [-0.1, -0.05) is 17.7 Å². The van der Waals surface area contributed by atoms with Gasteiger partial charge in [-0.15, -0.1) is 0 Å².